The van der Waals surface area contributed by atoms with Crippen LogP contribution in [0.25, 0.3) is 0 Å². The Labute approximate surface area is 169 Å². The molecule has 2 fully saturated rings. The minimum Gasteiger partial charge on any atom is -0.368 e. The van der Waals surface area contributed by atoms with Gasteiger partial charge in [0.05, 0.1) is 11.4 Å². The standard InChI is InChI=1S/C19H24N4O5S/c24-17(22-9-11-23(12-10-22)19(25)15-5-3-13-28-15)7-8-20-18-14-4-1-2-6-16(14)29(26,27)21-18/h1-2,4,6,15H,3,5,7-13H2,(H,20,21). The lowest BCUT2D eigenvalue weighted by Crippen LogP contribution is -2.52. The highest BCUT2D eigenvalue weighted by atomic mass is 32.2. The lowest BCUT2D eigenvalue weighted by Gasteiger charge is -2.35. The summed E-state index contributed by atoms with van der Waals surface area (Å²) >= 11 is 0. The van der Waals surface area contributed by atoms with Gasteiger partial charge in [-0.15, -0.1) is 0 Å². The average Bonchev–Trinajstić information content (AvgIpc) is 3.35. The number of ether oxygens (including phenoxy) is 1. The quantitative estimate of drug-likeness (QED) is 0.736. The Kier molecular flexibility index (Phi) is 5.55. The van der Waals surface area contributed by atoms with Gasteiger partial charge in [0, 0.05) is 44.8 Å². The Morgan fingerprint density at radius 2 is 1.86 bits per heavy atom. The van der Waals surface area contributed by atoms with Crippen molar-refractivity contribution in [2.45, 2.75) is 30.3 Å². The molecule has 10 heteroatoms. The third kappa shape index (κ3) is 4.13. The number of fused-ring (bicyclic) bond motifs is 1. The van der Waals surface area contributed by atoms with Crippen LogP contribution in [-0.2, 0) is 24.3 Å². The number of benzene rings is 1. The maximum atomic E-state index is 12.5. The SMILES string of the molecule is O=C(CCN=C1NS(=O)(=O)c2ccccc21)N1CCN(C(=O)C2CCCO2)CC1. The fourth-order valence-corrected chi connectivity index (χ4v) is 5.08. The van der Waals surface area contributed by atoms with Crippen LogP contribution < -0.4 is 4.72 Å². The molecule has 3 aliphatic heterocycles. The van der Waals surface area contributed by atoms with Crippen molar-refractivity contribution in [3.63, 3.8) is 0 Å². The number of aliphatic imine (C=N–C) groups is 1. The summed E-state index contributed by atoms with van der Waals surface area (Å²) in [7, 11) is -3.57. The summed E-state index contributed by atoms with van der Waals surface area (Å²) in [6.45, 7) is 2.82. The second kappa shape index (κ2) is 8.11. The fourth-order valence-electron chi connectivity index (χ4n) is 3.83. The summed E-state index contributed by atoms with van der Waals surface area (Å²) in [6, 6.07) is 6.63. The van der Waals surface area contributed by atoms with Gasteiger partial charge in [0.1, 0.15) is 11.9 Å². The predicted octanol–water partition coefficient (Wildman–Crippen LogP) is -0.0350. The van der Waals surface area contributed by atoms with E-state index in [2.05, 4.69) is 9.71 Å². The van der Waals surface area contributed by atoms with Crippen LogP contribution in [0.2, 0.25) is 0 Å². The second-order valence-corrected chi connectivity index (χ2v) is 8.94. The first-order valence-electron chi connectivity index (χ1n) is 9.80. The molecule has 0 saturated carbocycles. The molecule has 4 rings (SSSR count). The highest BCUT2D eigenvalue weighted by Gasteiger charge is 2.32. The van der Waals surface area contributed by atoms with E-state index in [1.54, 1.807) is 28.0 Å². The number of rotatable bonds is 4. The molecule has 29 heavy (non-hydrogen) atoms. The molecule has 156 valence electrons. The first kappa shape index (κ1) is 19.8. The monoisotopic (exact) mass is 420 g/mol. The van der Waals surface area contributed by atoms with E-state index in [0.717, 1.165) is 12.8 Å². The van der Waals surface area contributed by atoms with Gasteiger partial charge in [0.15, 0.2) is 0 Å². The Morgan fingerprint density at radius 1 is 1.14 bits per heavy atom. The van der Waals surface area contributed by atoms with E-state index in [0.29, 0.717) is 38.3 Å². The molecule has 1 aromatic carbocycles. The molecule has 1 aromatic rings. The van der Waals surface area contributed by atoms with Gasteiger partial charge in [0.2, 0.25) is 5.91 Å². The minimum absolute atomic E-state index is 0.0215. The molecule has 3 aliphatic rings. The molecule has 0 radical (unpaired) electrons. The average molecular weight is 420 g/mol. The summed E-state index contributed by atoms with van der Waals surface area (Å²) in [5.74, 6) is 0.251. The molecule has 2 saturated heterocycles. The van der Waals surface area contributed by atoms with Crippen molar-refractivity contribution in [1.82, 2.24) is 14.5 Å². The van der Waals surface area contributed by atoms with Gasteiger partial charge in [0.25, 0.3) is 15.9 Å². The van der Waals surface area contributed by atoms with Crippen molar-refractivity contribution in [3.8, 4) is 0 Å². The first-order chi connectivity index (χ1) is 14.0. The molecule has 2 amide bonds. The number of amidine groups is 1. The van der Waals surface area contributed by atoms with E-state index >= 15 is 0 Å². The number of hydrogen-bond donors (Lipinski definition) is 1. The number of nitrogens with one attached hydrogen (secondary N) is 1. The predicted molar refractivity (Wildman–Crippen MR) is 105 cm³/mol. The van der Waals surface area contributed by atoms with Crippen molar-refractivity contribution in [1.29, 1.82) is 0 Å². The summed E-state index contributed by atoms with van der Waals surface area (Å²) < 4.78 is 32.0. The highest BCUT2D eigenvalue weighted by Crippen LogP contribution is 2.22. The van der Waals surface area contributed by atoms with Crippen LogP contribution >= 0.6 is 0 Å². The molecule has 0 spiro atoms. The number of carbonyl (C=O) groups is 2. The van der Waals surface area contributed by atoms with Crippen molar-refractivity contribution in [3.05, 3.63) is 29.8 Å². The number of sulfonamides is 1. The molecule has 1 N–H and O–H groups in total. The van der Waals surface area contributed by atoms with Gasteiger partial charge in [-0.3, -0.25) is 19.3 Å². The van der Waals surface area contributed by atoms with Crippen LogP contribution in [0.15, 0.2) is 34.2 Å². The smallest absolute Gasteiger partial charge is 0.263 e. The van der Waals surface area contributed by atoms with E-state index in [4.69, 9.17) is 4.74 Å². The normalized spacial score (nSPS) is 24.4. The van der Waals surface area contributed by atoms with Gasteiger partial charge < -0.3 is 14.5 Å². The number of carbonyl (C=O) groups excluding carboxylic acids is 2. The molecule has 0 bridgehead atoms. The van der Waals surface area contributed by atoms with Gasteiger partial charge in [-0.1, -0.05) is 12.1 Å². The van der Waals surface area contributed by atoms with Gasteiger partial charge in [-0.05, 0) is 25.0 Å². The van der Waals surface area contributed by atoms with Gasteiger partial charge >= 0.3 is 0 Å². The zero-order valence-corrected chi connectivity index (χ0v) is 16.9. The molecular formula is C19H24N4O5S. The lowest BCUT2D eigenvalue weighted by molar-refractivity contribution is -0.145. The van der Waals surface area contributed by atoms with E-state index in [-0.39, 0.29) is 41.6 Å². The number of hydrogen-bond acceptors (Lipinski definition) is 6. The summed E-state index contributed by atoms with van der Waals surface area (Å²) in [5, 5.41) is 0. The lowest BCUT2D eigenvalue weighted by atomic mass is 10.2. The van der Waals surface area contributed by atoms with E-state index < -0.39 is 10.0 Å². The van der Waals surface area contributed by atoms with E-state index in [1.165, 1.54) is 6.07 Å². The number of nitrogens with zero attached hydrogens (tertiary/aromatic N) is 3. The second-order valence-electron chi connectivity index (χ2n) is 7.29. The molecule has 0 aliphatic carbocycles. The van der Waals surface area contributed by atoms with E-state index in [1.807, 2.05) is 0 Å². The highest BCUT2D eigenvalue weighted by molar-refractivity contribution is 7.90. The van der Waals surface area contributed by atoms with E-state index in [9.17, 15) is 18.0 Å². The molecule has 0 aromatic heterocycles. The Morgan fingerprint density at radius 3 is 2.59 bits per heavy atom. The van der Waals surface area contributed by atoms with Crippen molar-refractivity contribution in [2.24, 2.45) is 4.99 Å². The first-order valence-corrected chi connectivity index (χ1v) is 11.3. The van der Waals surface area contributed by atoms with Gasteiger partial charge in [-0.25, -0.2) is 8.42 Å². The number of amides is 2. The zero-order valence-electron chi connectivity index (χ0n) is 16.0. The Balaban J connectivity index is 1.28. The van der Waals surface area contributed by atoms with Crippen LogP contribution in [0.4, 0.5) is 0 Å². The maximum Gasteiger partial charge on any atom is 0.263 e. The van der Waals surface area contributed by atoms with Crippen LogP contribution in [0.3, 0.4) is 0 Å². The Bertz CT molecular complexity index is 932. The van der Waals surface area contributed by atoms with Crippen LogP contribution in [-0.4, -0.2) is 81.3 Å². The molecule has 9 nitrogen and oxygen atoms in total. The third-order valence-corrected chi connectivity index (χ3v) is 6.80. The van der Waals surface area contributed by atoms with Crippen LogP contribution in [0.1, 0.15) is 24.8 Å². The largest absolute Gasteiger partial charge is 0.368 e. The number of piperazine rings is 1. The summed E-state index contributed by atoms with van der Waals surface area (Å²) in [4.78, 5) is 32.8. The molecule has 1 unspecified atom stereocenters. The molecular weight excluding hydrogens is 396 g/mol. The minimum atomic E-state index is -3.57. The van der Waals surface area contributed by atoms with Crippen LogP contribution in [0.5, 0.6) is 0 Å². The fraction of sp³-hybridized carbons (Fsp3) is 0.526. The summed E-state index contributed by atoms with van der Waals surface area (Å²) in [5.41, 5.74) is 0.529. The maximum absolute atomic E-state index is 12.5. The topological polar surface area (TPSA) is 108 Å². The summed E-state index contributed by atoms with van der Waals surface area (Å²) in [6.07, 6.45) is 1.54. The Hall–Kier alpha value is -2.46. The third-order valence-electron chi connectivity index (χ3n) is 5.41. The zero-order chi connectivity index (χ0) is 20.4. The molecule has 1 atom stereocenters. The van der Waals surface area contributed by atoms with Crippen molar-refractivity contribution >= 4 is 27.7 Å². The van der Waals surface area contributed by atoms with Crippen molar-refractivity contribution in [2.75, 3.05) is 39.3 Å². The van der Waals surface area contributed by atoms with Gasteiger partial charge in [-0.2, -0.15) is 0 Å². The van der Waals surface area contributed by atoms with Crippen molar-refractivity contribution < 1.29 is 22.7 Å². The molecule has 3 heterocycles. The van der Waals surface area contributed by atoms with Crippen LogP contribution in [0, 0.1) is 0 Å².